The van der Waals surface area contributed by atoms with Crippen LogP contribution in [0, 0.1) is 5.41 Å². The lowest BCUT2D eigenvalue weighted by Crippen LogP contribution is -2.41. The molecule has 1 unspecified atom stereocenters. The first-order chi connectivity index (χ1) is 8.58. The van der Waals surface area contributed by atoms with Crippen LogP contribution in [0.5, 0.6) is 0 Å². The van der Waals surface area contributed by atoms with Gasteiger partial charge in [0.05, 0.1) is 12.0 Å². The second-order valence-corrected chi connectivity index (χ2v) is 4.84. The average Bonchev–Trinajstić information content (AvgIpc) is 2.78. The van der Waals surface area contributed by atoms with E-state index in [4.69, 9.17) is 4.74 Å². The standard InChI is InChI=1S/C12H23N3O3/c1-12(4-6-13-9-12)11(17)15-5-3-10(16)14-7-8-18-2/h13H,3-9H2,1-2H3,(H,14,16)(H,15,17). The van der Waals surface area contributed by atoms with Crippen LogP contribution >= 0.6 is 0 Å². The Labute approximate surface area is 108 Å². The van der Waals surface area contributed by atoms with Crippen molar-refractivity contribution in [1.29, 1.82) is 0 Å². The average molecular weight is 257 g/mol. The topological polar surface area (TPSA) is 79.5 Å². The summed E-state index contributed by atoms with van der Waals surface area (Å²) in [6.45, 7) is 4.92. The van der Waals surface area contributed by atoms with Gasteiger partial charge in [-0.2, -0.15) is 0 Å². The quantitative estimate of drug-likeness (QED) is 0.525. The van der Waals surface area contributed by atoms with Gasteiger partial charge in [-0.1, -0.05) is 0 Å². The fourth-order valence-corrected chi connectivity index (χ4v) is 1.89. The van der Waals surface area contributed by atoms with Crippen LogP contribution < -0.4 is 16.0 Å². The van der Waals surface area contributed by atoms with E-state index in [1.165, 1.54) is 0 Å². The maximum atomic E-state index is 11.9. The van der Waals surface area contributed by atoms with Gasteiger partial charge >= 0.3 is 0 Å². The van der Waals surface area contributed by atoms with Crippen molar-refractivity contribution in [1.82, 2.24) is 16.0 Å². The molecule has 104 valence electrons. The van der Waals surface area contributed by atoms with Gasteiger partial charge < -0.3 is 20.7 Å². The van der Waals surface area contributed by atoms with Crippen LogP contribution in [-0.2, 0) is 14.3 Å². The van der Waals surface area contributed by atoms with E-state index in [9.17, 15) is 9.59 Å². The van der Waals surface area contributed by atoms with Crippen molar-refractivity contribution >= 4 is 11.8 Å². The van der Waals surface area contributed by atoms with Gasteiger partial charge in [-0.3, -0.25) is 9.59 Å². The summed E-state index contributed by atoms with van der Waals surface area (Å²) in [5.74, 6) is -0.0424. The maximum Gasteiger partial charge on any atom is 0.227 e. The maximum absolute atomic E-state index is 11.9. The highest BCUT2D eigenvalue weighted by molar-refractivity contribution is 5.83. The molecule has 1 aliphatic rings. The van der Waals surface area contributed by atoms with Gasteiger partial charge in [-0.15, -0.1) is 0 Å². The van der Waals surface area contributed by atoms with Crippen molar-refractivity contribution in [2.75, 3.05) is 39.9 Å². The van der Waals surface area contributed by atoms with Crippen molar-refractivity contribution in [3.63, 3.8) is 0 Å². The van der Waals surface area contributed by atoms with E-state index < -0.39 is 0 Å². The van der Waals surface area contributed by atoms with Crippen LogP contribution in [-0.4, -0.2) is 51.7 Å². The van der Waals surface area contributed by atoms with Crippen molar-refractivity contribution in [2.24, 2.45) is 5.41 Å². The van der Waals surface area contributed by atoms with E-state index in [0.29, 0.717) is 32.7 Å². The Bertz CT molecular complexity index is 288. The summed E-state index contributed by atoms with van der Waals surface area (Å²) in [6, 6.07) is 0. The minimum absolute atomic E-state index is 0.0252. The summed E-state index contributed by atoms with van der Waals surface area (Å²) in [5, 5.41) is 8.70. The van der Waals surface area contributed by atoms with Gasteiger partial charge in [0.15, 0.2) is 0 Å². The fraction of sp³-hybridized carbons (Fsp3) is 0.833. The van der Waals surface area contributed by atoms with Crippen LogP contribution in [0.1, 0.15) is 19.8 Å². The number of methoxy groups -OCH3 is 1. The number of carbonyl (C=O) groups excluding carboxylic acids is 2. The van der Waals surface area contributed by atoms with E-state index in [-0.39, 0.29) is 17.2 Å². The first-order valence-corrected chi connectivity index (χ1v) is 6.33. The molecular weight excluding hydrogens is 234 g/mol. The molecule has 1 rings (SSSR count). The Morgan fingerprint density at radius 1 is 1.33 bits per heavy atom. The zero-order valence-electron chi connectivity index (χ0n) is 11.2. The van der Waals surface area contributed by atoms with E-state index in [1.807, 2.05) is 6.92 Å². The molecular formula is C12H23N3O3. The molecule has 0 aromatic heterocycles. The molecule has 3 N–H and O–H groups in total. The molecule has 6 nitrogen and oxygen atoms in total. The predicted octanol–water partition coefficient (Wildman–Crippen LogP) is -0.745. The Morgan fingerprint density at radius 2 is 2.11 bits per heavy atom. The molecule has 0 aromatic rings. The highest BCUT2D eigenvalue weighted by atomic mass is 16.5. The predicted molar refractivity (Wildman–Crippen MR) is 68.1 cm³/mol. The van der Waals surface area contributed by atoms with Crippen LogP contribution in [0.4, 0.5) is 0 Å². The SMILES string of the molecule is COCCNC(=O)CCNC(=O)C1(C)CCNC1. The number of rotatable bonds is 7. The zero-order chi connectivity index (χ0) is 13.4. The zero-order valence-corrected chi connectivity index (χ0v) is 11.2. The van der Waals surface area contributed by atoms with E-state index in [2.05, 4.69) is 16.0 Å². The van der Waals surface area contributed by atoms with Crippen LogP contribution in [0.3, 0.4) is 0 Å². The van der Waals surface area contributed by atoms with Crippen LogP contribution in [0.15, 0.2) is 0 Å². The molecule has 2 amide bonds. The lowest BCUT2D eigenvalue weighted by atomic mass is 9.89. The first kappa shape index (κ1) is 14.9. The highest BCUT2D eigenvalue weighted by Gasteiger charge is 2.35. The monoisotopic (exact) mass is 257 g/mol. The lowest BCUT2D eigenvalue weighted by molar-refractivity contribution is -0.129. The third-order valence-corrected chi connectivity index (χ3v) is 3.18. The van der Waals surface area contributed by atoms with E-state index >= 15 is 0 Å². The van der Waals surface area contributed by atoms with Crippen LogP contribution in [0.25, 0.3) is 0 Å². The third-order valence-electron chi connectivity index (χ3n) is 3.18. The number of carbonyl (C=O) groups is 2. The van der Waals surface area contributed by atoms with Gasteiger partial charge in [0.1, 0.15) is 0 Å². The van der Waals surface area contributed by atoms with Gasteiger partial charge in [0.2, 0.25) is 11.8 Å². The molecule has 1 fully saturated rings. The smallest absolute Gasteiger partial charge is 0.227 e. The van der Waals surface area contributed by atoms with Gasteiger partial charge in [0.25, 0.3) is 0 Å². The molecule has 0 spiro atoms. The number of hydrogen-bond donors (Lipinski definition) is 3. The Hall–Kier alpha value is -1.14. The second kappa shape index (κ2) is 7.33. The molecule has 0 saturated carbocycles. The first-order valence-electron chi connectivity index (χ1n) is 6.33. The Balaban J connectivity index is 2.13. The van der Waals surface area contributed by atoms with Crippen LogP contribution in [0.2, 0.25) is 0 Å². The summed E-state index contributed by atoms with van der Waals surface area (Å²) < 4.78 is 4.82. The summed E-state index contributed by atoms with van der Waals surface area (Å²) >= 11 is 0. The number of hydrogen-bond acceptors (Lipinski definition) is 4. The molecule has 6 heteroatoms. The largest absolute Gasteiger partial charge is 0.383 e. The van der Waals surface area contributed by atoms with E-state index in [0.717, 1.165) is 13.0 Å². The molecule has 0 aliphatic carbocycles. The molecule has 0 aromatic carbocycles. The normalized spacial score (nSPS) is 22.8. The Morgan fingerprint density at radius 3 is 2.72 bits per heavy atom. The van der Waals surface area contributed by atoms with Gasteiger partial charge in [-0.25, -0.2) is 0 Å². The van der Waals surface area contributed by atoms with Crippen molar-refractivity contribution in [2.45, 2.75) is 19.8 Å². The molecule has 0 radical (unpaired) electrons. The fourth-order valence-electron chi connectivity index (χ4n) is 1.89. The van der Waals surface area contributed by atoms with Crippen molar-refractivity contribution in [3.05, 3.63) is 0 Å². The molecule has 1 atom stereocenters. The second-order valence-electron chi connectivity index (χ2n) is 4.84. The molecule has 1 saturated heterocycles. The number of ether oxygens (including phenoxy) is 1. The van der Waals surface area contributed by atoms with Crippen molar-refractivity contribution < 1.29 is 14.3 Å². The minimum atomic E-state index is -0.327. The number of amides is 2. The summed E-state index contributed by atoms with van der Waals surface area (Å²) in [7, 11) is 1.59. The highest BCUT2D eigenvalue weighted by Crippen LogP contribution is 2.24. The molecule has 18 heavy (non-hydrogen) atoms. The summed E-state index contributed by atoms with van der Waals surface area (Å²) in [6.07, 6.45) is 1.15. The molecule has 0 bridgehead atoms. The molecule has 1 aliphatic heterocycles. The lowest BCUT2D eigenvalue weighted by Gasteiger charge is -2.21. The molecule has 1 heterocycles. The van der Waals surface area contributed by atoms with Gasteiger partial charge in [0, 0.05) is 33.2 Å². The number of nitrogens with one attached hydrogen (secondary N) is 3. The summed E-state index contributed by atoms with van der Waals surface area (Å²) in [5.41, 5.74) is -0.327. The van der Waals surface area contributed by atoms with Crippen molar-refractivity contribution in [3.8, 4) is 0 Å². The van der Waals surface area contributed by atoms with E-state index in [1.54, 1.807) is 7.11 Å². The third kappa shape index (κ3) is 4.62. The summed E-state index contributed by atoms with van der Waals surface area (Å²) in [4.78, 5) is 23.3. The Kier molecular flexibility index (Phi) is 6.07. The van der Waals surface area contributed by atoms with Gasteiger partial charge in [-0.05, 0) is 19.9 Å². The minimum Gasteiger partial charge on any atom is -0.383 e.